The standard InChI is InChI=1S/C12H14ClN3O2S/c13-10-4-3-9(7-14)12(6-10)19(17,18)16-11-2-1-5-15-8-11/h3-4,6,11,15-16H,1-2,5,8H2/t11-/m1/s1. The van der Waals surface area contributed by atoms with Crippen molar-refractivity contribution in [2.75, 3.05) is 13.1 Å². The molecule has 102 valence electrons. The fourth-order valence-electron chi connectivity index (χ4n) is 2.05. The predicted molar refractivity (Wildman–Crippen MR) is 72.4 cm³/mol. The van der Waals surface area contributed by atoms with Gasteiger partial charge in [0.05, 0.1) is 5.56 Å². The lowest BCUT2D eigenvalue weighted by atomic mass is 10.1. The van der Waals surface area contributed by atoms with E-state index in [2.05, 4.69) is 10.0 Å². The van der Waals surface area contributed by atoms with Crippen LogP contribution in [0.25, 0.3) is 0 Å². The first-order chi connectivity index (χ1) is 9.03. The number of piperidine rings is 1. The topological polar surface area (TPSA) is 82.0 Å². The summed E-state index contributed by atoms with van der Waals surface area (Å²) in [4.78, 5) is -0.0620. The van der Waals surface area contributed by atoms with Gasteiger partial charge in [0.25, 0.3) is 0 Å². The molecule has 1 fully saturated rings. The number of nitriles is 1. The van der Waals surface area contributed by atoms with Crippen LogP contribution in [0.2, 0.25) is 5.02 Å². The minimum absolute atomic E-state index is 0.0620. The maximum Gasteiger partial charge on any atom is 0.242 e. The first-order valence-electron chi connectivity index (χ1n) is 5.95. The Morgan fingerprint density at radius 3 is 2.89 bits per heavy atom. The van der Waals surface area contributed by atoms with E-state index in [-0.39, 0.29) is 16.5 Å². The molecular weight excluding hydrogens is 286 g/mol. The molecule has 0 unspecified atom stereocenters. The van der Waals surface area contributed by atoms with Gasteiger partial charge in [0.2, 0.25) is 10.0 Å². The quantitative estimate of drug-likeness (QED) is 0.880. The molecule has 5 nitrogen and oxygen atoms in total. The number of benzene rings is 1. The van der Waals surface area contributed by atoms with Crippen LogP contribution in [-0.2, 0) is 10.0 Å². The molecule has 1 aliphatic rings. The summed E-state index contributed by atoms with van der Waals surface area (Å²) < 4.78 is 27.2. The van der Waals surface area contributed by atoms with Gasteiger partial charge in [-0.15, -0.1) is 0 Å². The van der Waals surface area contributed by atoms with Crippen LogP contribution >= 0.6 is 11.6 Å². The highest BCUT2D eigenvalue weighted by molar-refractivity contribution is 7.89. The Bertz CT molecular complexity index is 604. The van der Waals surface area contributed by atoms with Crippen molar-refractivity contribution in [3.8, 4) is 6.07 Å². The monoisotopic (exact) mass is 299 g/mol. The lowest BCUT2D eigenvalue weighted by Crippen LogP contribution is -2.45. The smallest absolute Gasteiger partial charge is 0.242 e. The van der Waals surface area contributed by atoms with E-state index in [0.717, 1.165) is 19.4 Å². The SMILES string of the molecule is N#Cc1ccc(Cl)cc1S(=O)(=O)N[C@@H]1CCCNC1. The Balaban J connectivity index is 2.28. The molecule has 1 saturated heterocycles. The van der Waals surface area contributed by atoms with Crippen LogP contribution in [0.1, 0.15) is 18.4 Å². The van der Waals surface area contributed by atoms with E-state index in [9.17, 15) is 8.42 Å². The molecule has 7 heteroatoms. The van der Waals surface area contributed by atoms with Crippen molar-refractivity contribution in [1.29, 1.82) is 5.26 Å². The molecule has 2 rings (SSSR count). The first kappa shape index (κ1) is 14.3. The summed E-state index contributed by atoms with van der Waals surface area (Å²) in [6.07, 6.45) is 1.71. The van der Waals surface area contributed by atoms with E-state index < -0.39 is 10.0 Å². The van der Waals surface area contributed by atoms with Crippen LogP contribution in [0, 0.1) is 11.3 Å². The minimum Gasteiger partial charge on any atom is -0.315 e. The molecule has 0 aliphatic carbocycles. The van der Waals surface area contributed by atoms with Gasteiger partial charge in [-0.25, -0.2) is 13.1 Å². The number of halogens is 1. The molecule has 0 amide bonds. The van der Waals surface area contributed by atoms with Crippen LogP contribution in [0.3, 0.4) is 0 Å². The van der Waals surface area contributed by atoms with Gasteiger partial charge in [-0.3, -0.25) is 0 Å². The second-order valence-electron chi connectivity index (χ2n) is 4.42. The molecule has 1 atom stereocenters. The van der Waals surface area contributed by atoms with Crippen LogP contribution in [0.5, 0.6) is 0 Å². The van der Waals surface area contributed by atoms with E-state index in [4.69, 9.17) is 16.9 Å². The molecule has 0 bridgehead atoms. The molecule has 19 heavy (non-hydrogen) atoms. The average Bonchev–Trinajstić information content (AvgIpc) is 2.39. The summed E-state index contributed by atoms with van der Waals surface area (Å²) in [6.45, 7) is 1.50. The van der Waals surface area contributed by atoms with Crippen molar-refractivity contribution in [3.63, 3.8) is 0 Å². The summed E-state index contributed by atoms with van der Waals surface area (Å²) in [5, 5.41) is 12.4. The van der Waals surface area contributed by atoms with Crippen LogP contribution in [-0.4, -0.2) is 27.5 Å². The first-order valence-corrected chi connectivity index (χ1v) is 7.82. The van der Waals surface area contributed by atoms with Gasteiger partial charge in [0.1, 0.15) is 11.0 Å². The molecule has 0 spiro atoms. The summed E-state index contributed by atoms with van der Waals surface area (Å²) >= 11 is 5.81. The highest BCUT2D eigenvalue weighted by Crippen LogP contribution is 2.21. The van der Waals surface area contributed by atoms with Crippen LogP contribution < -0.4 is 10.0 Å². The Morgan fingerprint density at radius 2 is 2.26 bits per heavy atom. The van der Waals surface area contributed by atoms with Gasteiger partial charge >= 0.3 is 0 Å². The van der Waals surface area contributed by atoms with E-state index in [1.807, 2.05) is 6.07 Å². The molecule has 1 aromatic carbocycles. The highest BCUT2D eigenvalue weighted by atomic mass is 35.5. The number of sulfonamides is 1. The zero-order valence-corrected chi connectivity index (χ0v) is 11.8. The molecular formula is C12H14ClN3O2S. The lowest BCUT2D eigenvalue weighted by Gasteiger charge is -2.23. The number of hydrogen-bond donors (Lipinski definition) is 2. The van der Waals surface area contributed by atoms with Crippen molar-refractivity contribution in [2.45, 2.75) is 23.8 Å². The molecule has 2 N–H and O–H groups in total. The molecule has 1 aliphatic heterocycles. The van der Waals surface area contributed by atoms with Gasteiger partial charge in [0.15, 0.2) is 0 Å². The maximum atomic E-state index is 12.3. The third kappa shape index (κ3) is 3.45. The molecule has 1 heterocycles. The Hall–Kier alpha value is -1.13. The minimum atomic E-state index is -3.72. The summed E-state index contributed by atoms with van der Waals surface area (Å²) in [6, 6.07) is 5.94. The molecule has 1 aromatic rings. The van der Waals surface area contributed by atoms with Crippen molar-refractivity contribution in [2.24, 2.45) is 0 Å². The fourth-order valence-corrected chi connectivity index (χ4v) is 3.74. The van der Waals surface area contributed by atoms with Crippen LogP contribution in [0.4, 0.5) is 0 Å². The van der Waals surface area contributed by atoms with Gasteiger partial charge in [-0.05, 0) is 37.6 Å². The van der Waals surface area contributed by atoms with Gasteiger partial charge < -0.3 is 5.32 Å². The van der Waals surface area contributed by atoms with Gasteiger partial charge in [-0.2, -0.15) is 5.26 Å². The second kappa shape index (κ2) is 5.88. The van der Waals surface area contributed by atoms with Crippen molar-refractivity contribution in [1.82, 2.24) is 10.0 Å². The highest BCUT2D eigenvalue weighted by Gasteiger charge is 2.24. The zero-order valence-electron chi connectivity index (χ0n) is 10.2. The van der Waals surface area contributed by atoms with E-state index in [1.54, 1.807) is 0 Å². The normalized spacial score (nSPS) is 19.9. The third-order valence-electron chi connectivity index (χ3n) is 2.97. The average molecular weight is 300 g/mol. The third-order valence-corrected chi connectivity index (χ3v) is 4.77. The fraction of sp³-hybridized carbons (Fsp3) is 0.417. The van der Waals surface area contributed by atoms with Crippen molar-refractivity contribution < 1.29 is 8.42 Å². The zero-order chi connectivity index (χ0) is 13.9. The Morgan fingerprint density at radius 1 is 1.47 bits per heavy atom. The van der Waals surface area contributed by atoms with E-state index >= 15 is 0 Å². The number of rotatable bonds is 3. The van der Waals surface area contributed by atoms with E-state index in [1.165, 1.54) is 18.2 Å². The van der Waals surface area contributed by atoms with Crippen molar-refractivity contribution >= 4 is 21.6 Å². The molecule has 0 saturated carbocycles. The van der Waals surface area contributed by atoms with E-state index in [0.29, 0.717) is 11.6 Å². The molecule has 0 aromatic heterocycles. The molecule has 0 radical (unpaired) electrons. The van der Waals surface area contributed by atoms with Gasteiger partial charge in [0, 0.05) is 17.6 Å². The maximum absolute atomic E-state index is 12.3. The Labute approximate surface area is 117 Å². The predicted octanol–water partition coefficient (Wildman–Crippen LogP) is 1.24. The Kier molecular flexibility index (Phi) is 4.42. The number of hydrogen-bond acceptors (Lipinski definition) is 4. The number of nitrogens with zero attached hydrogens (tertiary/aromatic N) is 1. The number of nitrogens with one attached hydrogen (secondary N) is 2. The van der Waals surface area contributed by atoms with Crippen LogP contribution in [0.15, 0.2) is 23.1 Å². The largest absolute Gasteiger partial charge is 0.315 e. The lowest BCUT2D eigenvalue weighted by molar-refractivity contribution is 0.428. The summed E-state index contributed by atoms with van der Waals surface area (Å²) in [7, 11) is -3.72. The second-order valence-corrected chi connectivity index (χ2v) is 6.54. The van der Waals surface area contributed by atoms with Crippen molar-refractivity contribution in [3.05, 3.63) is 28.8 Å². The summed E-state index contributed by atoms with van der Waals surface area (Å²) in [5.74, 6) is 0. The summed E-state index contributed by atoms with van der Waals surface area (Å²) in [5.41, 5.74) is 0.0978. The van der Waals surface area contributed by atoms with Gasteiger partial charge in [-0.1, -0.05) is 11.6 Å².